The van der Waals surface area contributed by atoms with Crippen LogP contribution in [0.2, 0.25) is 0 Å². The van der Waals surface area contributed by atoms with E-state index in [1.165, 1.54) is 18.7 Å². The normalized spacial score (nSPS) is 12.7. The van der Waals surface area contributed by atoms with Gasteiger partial charge >= 0.3 is 0 Å². The van der Waals surface area contributed by atoms with E-state index in [9.17, 15) is 4.79 Å². The standard InChI is InChI=1S/C13H14N6O/c1-8-5-10(18-17-8)6-9(2)19-7-16-12-11(13(19)20)14-3-4-15-12/h3-5,7,9H,6H2,1-2H3,(H,17,18)/t9-/m1/s1. The highest BCUT2D eigenvalue weighted by molar-refractivity contribution is 5.66. The number of H-pyrrole nitrogens is 1. The molecule has 20 heavy (non-hydrogen) atoms. The fraction of sp³-hybridized carbons (Fsp3) is 0.308. The molecule has 0 aromatic carbocycles. The smallest absolute Gasteiger partial charge is 0.281 e. The van der Waals surface area contributed by atoms with Crippen molar-refractivity contribution >= 4 is 11.2 Å². The molecule has 0 aliphatic rings. The van der Waals surface area contributed by atoms with Gasteiger partial charge < -0.3 is 0 Å². The van der Waals surface area contributed by atoms with Gasteiger partial charge in [0.05, 0.1) is 5.69 Å². The van der Waals surface area contributed by atoms with Crippen LogP contribution >= 0.6 is 0 Å². The van der Waals surface area contributed by atoms with Gasteiger partial charge in [-0.1, -0.05) is 0 Å². The van der Waals surface area contributed by atoms with Crippen LogP contribution in [0.1, 0.15) is 24.4 Å². The molecule has 0 aliphatic carbocycles. The van der Waals surface area contributed by atoms with Gasteiger partial charge in [0.2, 0.25) is 0 Å². The number of nitrogens with zero attached hydrogens (tertiary/aromatic N) is 5. The van der Waals surface area contributed by atoms with Crippen LogP contribution < -0.4 is 5.56 Å². The van der Waals surface area contributed by atoms with Crippen LogP contribution in [0.3, 0.4) is 0 Å². The number of rotatable bonds is 3. The first-order chi connectivity index (χ1) is 9.65. The van der Waals surface area contributed by atoms with Crippen molar-refractivity contribution in [2.75, 3.05) is 0 Å². The molecule has 0 bridgehead atoms. The van der Waals surface area contributed by atoms with E-state index in [0.29, 0.717) is 17.6 Å². The molecule has 0 aliphatic heterocycles. The summed E-state index contributed by atoms with van der Waals surface area (Å²) in [5, 5.41) is 7.08. The molecule has 0 saturated carbocycles. The van der Waals surface area contributed by atoms with Crippen molar-refractivity contribution in [2.45, 2.75) is 26.3 Å². The van der Waals surface area contributed by atoms with Crippen LogP contribution in [0.4, 0.5) is 0 Å². The van der Waals surface area contributed by atoms with Crippen LogP contribution in [0, 0.1) is 6.92 Å². The predicted molar refractivity (Wildman–Crippen MR) is 73.3 cm³/mol. The molecule has 7 heteroatoms. The van der Waals surface area contributed by atoms with Gasteiger partial charge in [-0.25, -0.2) is 15.0 Å². The highest BCUT2D eigenvalue weighted by Gasteiger charge is 2.13. The van der Waals surface area contributed by atoms with Gasteiger partial charge in [0.1, 0.15) is 6.33 Å². The molecule has 3 rings (SSSR count). The van der Waals surface area contributed by atoms with Gasteiger partial charge in [-0.05, 0) is 19.9 Å². The second kappa shape index (κ2) is 4.84. The second-order valence-electron chi connectivity index (χ2n) is 4.78. The van der Waals surface area contributed by atoms with Gasteiger partial charge in [0.25, 0.3) is 5.56 Å². The molecule has 0 saturated heterocycles. The Labute approximate surface area is 114 Å². The summed E-state index contributed by atoms with van der Waals surface area (Å²) < 4.78 is 1.57. The maximum atomic E-state index is 12.4. The lowest BCUT2D eigenvalue weighted by molar-refractivity contribution is 0.516. The highest BCUT2D eigenvalue weighted by atomic mass is 16.1. The summed E-state index contributed by atoms with van der Waals surface area (Å²) in [4.78, 5) is 24.6. The number of nitrogens with one attached hydrogen (secondary N) is 1. The fourth-order valence-corrected chi connectivity index (χ4v) is 2.16. The average molecular weight is 270 g/mol. The summed E-state index contributed by atoms with van der Waals surface area (Å²) in [5.41, 5.74) is 2.41. The van der Waals surface area contributed by atoms with Crippen molar-refractivity contribution in [1.82, 2.24) is 29.7 Å². The Morgan fingerprint density at radius 2 is 2.10 bits per heavy atom. The Balaban J connectivity index is 1.97. The van der Waals surface area contributed by atoms with E-state index in [1.54, 1.807) is 4.57 Å². The number of aromatic nitrogens is 6. The first kappa shape index (κ1) is 12.5. The van der Waals surface area contributed by atoms with E-state index < -0.39 is 0 Å². The molecule has 3 heterocycles. The van der Waals surface area contributed by atoms with Crippen molar-refractivity contribution in [3.63, 3.8) is 0 Å². The molecule has 0 fully saturated rings. The van der Waals surface area contributed by atoms with Gasteiger partial charge in [-0.2, -0.15) is 5.10 Å². The summed E-state index contributed by atoms with van der Waals surface area (Å²) in [6.07, 6.45) is 5.19. The SMILES string of the molecule is Cc1cc(C[C@@H](C)n2cnc3nccnc3c2=O)n[nH]1. The Bertz CT molecular complexity index is 806. The summed E-state index contributed by atoms with van der Waals surface area (Å²) in [7, 11) is 0. The van der Waals surface area contributed by atoms with Crippen LogP contribution in [0.5, 0.6) is 0 Å². The zero-order chi connectivity index (χ0) is 14.1. The zero-order valence-corrected chi connectivity index (χ0v) is 11.2. The van der Waals surface area contributed by atoms with Crippen LogP contribution in [0.25, 0.3) is 11.2 Å². The van der Waals surface area contributed by atoms with Crippen molar-refractivity contribution in [3.05, 3.63) is 46.5 Å². The van der Waals surface area contributed by atoms with Gasteiger partial charge in [-0.3, -0.25) is 14.5 Å². The van der Waals surface area contributed by atoms with Crippen LogP contribution in [0.15, 0.2) is 29.6 Å². The fourth-order valence-electron chi connectivity index (χ4n) is 2.16. The lowest BCUT2D eigenvalue weighted by Gasteiger charge is -2.13. The van der Waals surface area contributed by atoms with Crippen molar-refractivity contribution in [1.29, 1.82) is 0 Å². The van der Waals surface area contributed by atoms with Gasteiger partial charge in [0, 0.05) is 30.6 Å². The van der Waals surface area contributed by atoms with E-state index in [-0.39, 0.29) is 11.6 Å². The molecule has 7 nitrogen and oxygen atoms in total. The minimum Gasteiger partial charge on any atom is -0.294 e. The van der Waals surface area contributed by atoms with E-state index in [0.717, 1.165) is 11.4 Å². The first-order valence-corrected chi connectivity index (χ1v) is 6.34. The van der Waals surface area contributed by atoms with E-state index in [1.807, 2.05) is 19.9 Å². The minimum atomic E-state index is -0.178. The molecule has 0 radical (unpaired) electrons. The lowest BCUT2D eigenvalue weighted by Crippen LogP contribution is -2.25. The molecule has 3 aromatic heterocycles. The second-order valence-corrected chi connectivity index (χ2v) is 4.78. The minimum absolute atomic E-state index is 0.0518. The summed E-state index contributed by atoms with van der Waals surface area (Å²) in [5.74, 6) is 0. The molecule has 0 amide bonds. The molecule has 1 atom stereocenters. The largest absolute Gasteiger partial charge is 0.294 e. The maximum Gasteiger partial charge on any atom is 0.281 e. The molecule has 0 spiro atoms. The molecular formula is C13H14N6O. The number of hydrogen-bond acceptors (Lipinski definition) is 5. The monoisotopic (exact) mass is 270 g/mol. The number of hydrogen-bond donors (Lipinski definition) is 1. The first-order valence-electron chi connectivity index (χ1n) is 6.34. The number of aryl methyl sites for hydroxylation is 1. The van der Waals surface area contributed by atoms with Gasteiger partial charge in [-0.15, -0.1) is 0 Å². The molecule has 3 aromatic rings. The lowest BCUT2D eigenvalue weighted by atomic mass is 10.1. The summed E-state index contributed by atoms with van der Waals surface area (Å²) >= 11 is 0. The van der Waals surface area contributed by atoms with Crippen LogP contribution in [-0.4, -0.2) is 29.7 Å². The Kier molecular flexibility index (Phi) is 3.02. The third-order valence-electron chi connectivity index (χ3n) is 3.16. The third kappa shape index (κ3) is 2.18. The Hall–Kier alpha value is -2.57. The van der Waals surface area contributed by atoms with Crippen molar-refractivity contribution in [2.24, 2.45) is 0 Å². The topological polar surface area (TPSA) is 89.3 Å². The quantitative estimate of drug-likeness (QED) is 0.767. The Morgan fingerprint density at radius 3 is 2.85 bits per heavy atom. The van der Waals surface area contributed by atoms with Crippen molar-refractivity contribution < 1.29 is 0 Å². The molecule has 0 unspecified atom stereocenters. The maximum absolute atomic E-state index is 12.4. The molecular weight excluding hydrogens is 256 g/mol. The summed E-state index contributed by atoms with van der Waals surface area (Å²) in [6.45, 7) is 3.90. The van der Waals surface area contributed by atoms with Crippen molar-refractivity contribution in [3.8, 4) is 0 Å². The summed E-state index contributed by atoms with van der Waals surface area (Å²) in [6, 6.07) is 1.92. The van der Waals surface area contributed by atoms with Gasteiger partial charge in [0.15, 0.2) is 11.2 Å². The van der Waals surface area contributed by atoms with E-state index in [2.05, 4.69) is 25.1 Å². The Morgan fingerprint density at radius 1 is 1.30 bits per heavy atom. The highest BCUT2D eigenvalue weighted by Crippen LogP contribution is 2.11. The zero-order valence-electron chi connectivity index (χ0n) is 11.2. The molecule has 102 valence electrons. The third-order valence-corrected chi connectivity index (χ3v) is 3.16. The van der Waals surface area contributed by atoms with Crippen LogP contribution in [-0.2, 0) is 6.42 Å². The average Bonchev–Trinajstić information content (AvgIpc) is 2.84. The predicted octanol–water partition coefficient (Wildman–Crippen LogP) is 1.02. The number of fused-ring (bicyclic) bond motifs is 1. The molecule has 1 N–H and O–H groups in total. The van der Waals surface area contributed by atoms with E-state index in [4.69, 9.17) is 0 Å². The number of aromatic amines is 1. The van der Waals surface area contributed by atoms with E-state index >= 15 is 0 Å².